The molecule has 3 nitrogen and oxygen atoms in total. The quantitative estimate of drug-likeness (QED) is 0.483. The molecule has 1 N–H and O–H groups in total. The minimum atomic E-state index is -1.11. The van der Waals surface area contributed by atoms with Crippen LogP contribution in [0.3, 0.4) is 0 Å². The van der Waals surface area contributed by atoms with E-state index in [0.717, 1.165) is 5.56 Å². The highest BCUT2D eigenvalue weighted by atomic mass is 35.5. The Morgan fingerprint density at radius 3 is 2.41 bits per heavy atom. The summed E-state index contributed by atoms with van der Waals surface area (Å²) < 4.78 is 16.2. The normalized spacial score (nSPS) is 11.0. The van der Waals surface area contributed by atoms with Crippen molar-refractivity contribution in [1.82, 2.24) is 4.57 Å². The van der Waals surface area contributed by atoms with Crippen LogP contribution < -0.4 is 0 Å². The number of benzene rings is 3. The average Bonchev–Trinajstić information content (AvgIpc) is 2.96. The average molecular weight is 380 g/mol. The van der Waals surface area contributed by atoms with Crippen molar-refractivity contribution in [3.63, 3.8) is 0 Å². The van der Waals surface area contributed by atoms with Crippen LogP contribution in [-0.4, -0.2) is 15.6 Å². The molecule has 0 bridgehead atoms. The SMILES string of the molecule is O=C(O)c1c(-c2ccccc2F)c2cc(Cl)ccc2n1Cc1ccccc1. The number of hydrogen-bond donors (Lipinski definition) is 1. The molecule has 27 heavy (non-hydrogen) atoms. The van der Waals surface area contributed by atoms with Gasteiger partial charge in [0.15, 0.2) is 0 Å². The summed E-state index contributed by atoms with van der Waals surface area (Å²) in [7, 11) is 0. The van der Waals surface area contributed by atoms with E-state index in [1.54, 1.807) is 41.0 Å². The Hall–Kier alpha value is -3.11. The first-order chi connectivity index (χ1) is 13.1. The number of carbonyl (C=O) groups is 1. The predicted molar refractivity (Wildman–Crippen MR) is 105 cm³/mol. The summed E-state index contributed by atoms with van der Waals surface area (Å²) >= 11 is 6.17. The number of carboxylic acid groups (broad SMARTS) is 1. The van der Waals surface area contributed by atoms with Crippen molar-refractivity contribution < 1.29 is 14.3 Å². The highest BCUT2D eigenvalue weighted by Gasteiger charge is 2.25. The molecule has 0 aliphatic rings. The summed E-state index contributed by atoms with van der Waals surface area (Å²) in [5, 5.41) is 11.0. The van der Waals surface area contributed by atoms with E-state index in [-0.39, 0.29) is 11.3 Å². The van der Waals surface area contributed by atoms with E-state index in [1.807, 2.05) is 30.3 Å². The third kappa shape index (κ3) is 3.09. The molecule has 0 aliphatic carbocycles. The lowest BCUT2D eigenvalue weighted by molar-refractivity contribution is 0.0687. The van der Waals surface area contributed by atoms with Crippen molar-refractivity contribution in [2.24, 2.45) is 0 Å². The standard InChI is InChI=1S/C22H15ClFNO2/c23-15-10-11-19-17(12-15)20(16-8-4-5-9-18(16)24)21(22(26)27)25(19)13-14-6-2-1-3-7-14/h1-12H,13H2,(H,26,27). The topological polar surface area (TPSA) is 42.2 Å². The third-order valence-corrected chi connectivity index (χ3v) is 4.79. The Morgan fingerprint density at radius 2 is 1.70 bits per heavy atom. The lowest BCUT2D eigenvalue weighted by Crippen LogP contribution is -2.10. The van der Waals surface area contributed by atoms with Crippen molar-refractivity contribution >= 4 is 28.5 Å². The van der Waals surface area contributed by atoms with E-state index >= 15 is 0 Å². The maximum Gasteiger partial charge on any atom is 0.353 e. The predicted octanol–water partition coefficient (Wildman–Crippen LogP) is 5.85. The number of fused-ring (bicyclic) bond motifs is 1. The number of hydrogen-bond acceptors (Lipinski definition) is 1. The molecule has 0 radical (unpaired) electrons. The number of rotatable bonds is 4. The molecule has 0 unspecified atom stereocenters. The van der Waals surface area contributed by atoms with Gasteiger partial charge in [-0.05, 0) is 29.8 Å². The van der Waals surface area contributed by atoms with Gasteiger partial charge in [0, 0.05) is 33.6 Å². The van der Waals surface area contributed by atoms with Gasteiger partial charge in [-0.25, -0.2) is 9.18 Å². The zero-order valence-corrected chi connectivity index (χ0v) is 14.9. The number of carboxylic acids is 1. The van der Waals surface area contributed by atoms with E-state index in [2.05, 4.69) is 0 Å². The van der Waals surface area contributed by atoms with E-state index < -0.39 is 11.8 Å². The van der Waals surface area contributed by atoms with E-state index in [0.29, 0.717) is 28.0 Å². The zero-order valence-electron chi connectivity index (χ0n) is 14.2. The molecule has 0 atom stereocenters. The van der Waals surface area contributed by atoms with Gasteiger partial charge in [0.25, 0.3) is 0 Å². The minimum absolute atomic E-state index is 0.0428. The summed E-state index contributed by atoms with van der Waals surface area (Å²) in [5.74, 6) is -1.59. The van der Waals surface area contributed by atoms with Gasteiger partial charge < -0.3 is 9.67 Å². The smallest absolute Gasteiger partial charge is 0.353 e. The molecule has 134 valence electrons. The van der Waals surface area contributed by atoms with Crippen LogP contribution >= 0.6 is 11.6 Å². The van der Waals surface area contributed by atoms with E-state index in [1.165, 1.54) is 6.07 Å². The molecule has 4 aromatic rings. The van der Waals surface area contributed by atoms with Gasteiger partial charge in [-0.1, -0.05) is 60.1 Å². The second kappa shape index (κ2) is 6.89. The number of aromatic nitrogens is 1. The van der Waals surface area contributed by atoms with Gasteiger partial charge >= 0.3 is 5.97 Å². The van der Waals surface area contributed by atoms with Gasteiger partial charge in [0.1, 0.15) is 11.5 Å². The molecule has 1 heterocycles. The zero-order chi connectivity index (χ0) is 19.0. The van der Waals surface area contributed by atoms with Crippen LogP contribution in [0.25, 0.3) is 22.0 Å². The summed E-state index contributed by atoms with van der Waals surface area (Å²) in [6, 6.07) is 20.9. The van der Waals surface area contributed by atoms with Crippen molar-refractivity contribution in [3.05, 3.63) is 94.9 Å². The third-order valence-electron chi connectivity index (χ3n) is 4.55. The van der Waals surface area contributed by atoms with E-state index in [9.17, 15) is 14.3 Å². The van der Waals surface area contributed by atoms with Crippen molar-refractivity contribution in [3.8, 4) is 11.1 Å². The monoisotopic (exact) mass is 379 g/mol. The number of halogens is 2. The fourth-order valence-corrected chi connectivity index (χ4v) is 3.59. The fourth-order valence-electron chi connectivity index (χ4n) is 3.42. The van der Waals surface area contributed by atoms with Gasteiger partial charge in [-0.15, -0.1) is 0 Å². The molecule has 0 saturated carbocycles. The summed E-state index contributed by atoms with van der Waals surface area (Å²) in [6.07, 6.45) is 0. The number of aromatic carboxylic acids is 1. The van der Waals surface area contributed by atoms with Crippen LogP contribution in [0.2, 0.25) is 5.02 Å². The molecule has 4 rings (SSSR count). The number of nitrogens with zero attached hydrogens (tertiary/aromatic N) is 1. The van der Waals surface area contributed by atoms with Crippen LogP contribution in [0.5, 0.6) is 0 Å². The largest absolute Gasteiger partial charge is 0.477 e. The molecular formula is C22H15ClFNO2. The summed E-state index contributed by atoms with van der Waals surface area (Å²) in [6.45, 7) is 0.356. The first kappa shape index (κ1) is 17.3. The molecule has 0 fully saturated rings. The molecule has 0 spiro atoms. The molecule has 0 aliphatic heterocycles. The highest BCUT2D eigenvalue weighted by molar-refractivity contribution is 6.31. The van der Waals surface area contributed by atoms with Crippen LogP contribution in [0.1, 0.15) is 16.1 Å². The molecule has 5 heteroatoms. The van der Waals surface area contributed by atoms with Gasteiger partial charge in [-0.3, -0.25) is 0 Å². The Balaban J connectivity index is 2.07. The molecule has 3 aromatic carbocycles. The Kier molecular flexibility index (Phi) is 4.42. The van der Waals surface area contributed by atoms with Crippen LogP contribution in [0, 0.1) is 5.82 Å². The fraction of sp³-hybridized carbons (Fsp3) is 0.0455. The first-order valence-corrected chi connectivity index (χ1v) is 8.78. The van der Waals surface area contributed by atoms with Crippen LogP contribution in [-0.2, 0) is 6.54 Å². The van der Waals surface area contributed by atoms with Gasteiger partial charge in [-0.2, -0.15) is 0 Å². The summed E-state index contributed by atoms with van der Waals surface area (Å²) in [5.41, 5.74) is 2.27. The van der Waals surface area contributed by atoms with E-state index in [4.69, 9.17) is 11.6 Å². The molecular weight excluding hydrogens is 365 g/mol. The Bertz CT molecular complexity index is 1150. The Labute approximate surface area is 160 Å². The van der Waals surface area contributed by atoms with Crippen molar-refractivity contribution in [1.29, 1.82) is 0 Å². The van der Waals surface area contributed by atoms with Gasteiger partial charge in [0.2, 0.25) is 0 Å². The van der Waals surface area contributed by atoms with Gasteiger partial charge in [0.05, 0.1) is 0 Å². The maximum atomic E-state index is 14.5. The molecule has 1 aromatic heterocycles. The summed E-state index contributed by atoms with van der Waals surface area (Å²) in [4.78, 5) is 12.2. The maximum absolute atomic E-state index is 14.5. The second-order valence-electron chi connectivity index (χ2n) is 6.24. The van der Waals surface area contributed by atoms with Crippen LogP contribution in [0.15, 0.2) is 72.8 Å². The minimum Gasteiger partial charge on any atom is -0.477 e. The van der Waals surface area contributed by atoms with Crippen molar-refractivity contribution in [2.45, 2.75) is 6.54 Å². The lowest BCUT2D eigenvalue weighted by Gasteiger charge is -2.10. The molecule has 0 saturated heterocycles. The molecule has 0 amide bonds. The highest BCUT2D eigenvalue weighted by Crippen LogP contribution is 2.38. The second-order valence-corrected chi connectivity index (χ2v) is 6.68. The Morgan fingerprint density at radius 1 is 1.00 bits per heavy atom. The first-order valence-electron chi connectivity index (χ1n) is 8.40. The van der Waals surface area contributed by atoms with Crippen molar-refractivity contribution in [2.75, 3.05) is 0 Å². The van der Waals surface area contributed by atoms with Crippen LogP contribution in [0.4, 0.5) is 4.39 Å². The lowest BCUT2D eigenvalue weighted by atomic mass is 10.0.